The number of hydrogen-bond donors (Lipinski definition) is 4. The van der Waals surface area contributed by atoms with Crippen LogP contribution in [0.4, 0.5) is 17.5 Å². The van der Waals surface area contributed by atoms with E-state index in [2.05, 4.69) is 20.6 Å². The minimum Gasteiger partial charge on any atom is -0.395 e. The third-order valence-corrected chi connectivity index (χ3v) is 4.13. The highest BCUT2D eigenvalue weighted by Gasteiger charge is 2.14. The molecule has 8 nitrogen and oxygen atoms in total. The maximum Gasteiger partial charge on any atom is 0.262 e. The summed E-state index contributed by atoms with van der Waals surface area (Å²) in [7, 11) is 0. The number of pyridine rings is 3. The molecule has 0 aliphatic rings. The second-order valence-electron chi connectivity index (χ2n) is 6.43. The minimum absolute atomic E-state index is 0.0993. The summed E-state index contributed by atoms with van der Waals surface area (Å²) in [5.74, 6) is 1.56. The first-order chi connectivity index (χ1) is 13.0. The fraction of sp³-hybridized carbons (Fsp3) is 0.316. The van der Waals surface area contributed by atoms with E-state index < -0.39 is 0 Å². The molecule has 0 amide bonds. The van der Waals surface area contributed by atoms with Crippen LogP contribution in [-0.4, -0.2) is 44.0 Å². The summed E-state index contributed by atoms with van der Waals surface area (Å²) in [5, 5.41) is 25.9. The van der Waals surface area contributed by atoms with E-state index in [-0.39, 0.29) is 31.4 Å². The lowest BCUT2D eigenvalue weighted by Crippen LogP contribution is -2.25. The number of aromatic nitrogens is 3. The van der Waals surface area contributed by atoms with E-state index in [1.807, 2.05) is 19.1 Å². The third-order valence-electron chi connectivity index (χ3n) is 4.13. The van der Waals surface area contributed by atoms with Gasteiger partial charge in [-0.25, -0.2) is 9.97 Å². The summed E-state index contributed by atoms with van der Waals surface area (Å²) >= 11 is 0. The Kier molecular flexibility index (Phi) is 5.68. The maximum atomic E-state index is 12.8. The number of aryl methyl sites for hydroxylation is 1. The zero-order chi connectivity index (χ0) is 19.4. The Bertz CT molecular complexity index is 1000. The highest BCUT2D eigenvalue weighted by atomic mass is 16.3. The Balaban J connectivity index is 2.11. The monoisotopic (exact) mass is 369 g/mol. The van der Waals surface area contributed by atoms with Crippen LogP contribution in [0.15, 0.2) is 41.5 Å². The Morgan fingerprint density at radius 3 is 2.74 bits per heavy atom. The van der Waals surface area contributed by atoms with E-state index in [4.69, 9.17) is 5.11 Å². The summed E-state index contributed by atoms with van der Waals surface area (Å²) in [6.07, 6.45) is 3.36. The van der Waals surface area contributed by atoms with Crippen molar-refractivity contribution in [3.63, 3.8) is 0 Å². The molecular weight excluding hydrogens is 346 g/mol. The van der Waals surface area contributed by atoms with Crippen LogP contribution in [0.2, 0.25) is 0 Å². The van der Waals surface area contributed by atoms with Crippen molar-refractivity contribution < 1.29 is 10.2 Å². The molecule has 1 atom stereocenters. The standard InChI is InChI=1S/C19H23N5O3/c1-12-3-5-20-15(9-12)22-16-10-14-4-6-24(7-8-25)19(27)17(14)18(23-16)21-13(2)11-26/h3-6,9-10,13,25-26H,7-8,11H2,1-2H3,(H2,20,21,22,23)/t13-/m0/s1. The highest BCUT2D eigenvalue weighted by Crippen LogP contribution is 2.24. The van der Waals surface area contributed by atoms with Crippen LogP contribution in [0, 0.1) is 6.92 Å². The van der Waals surface area contributed by atoms with Crippen LogP contribution in [-0.2, 0) is 6.54 Å². The van der Waals surface area contributed by atoms with Crippen molar-refractivity contribution in [1.29, 1.82) is 0 Å². The molecule has 0 aliphatic heterocycles. The summed E-state index contributed by atoms with van der Waals surface area (Å²) in [5.41, 5.74) is 0.814. The zero-order valence-electron chi connectivity index (χ0n) is 15.3. The van der Waals surface area contributed by atoms with Gasteiger partial charge in [-0.05, 0) is 49.1 Å². The Morgan fingerprint density at radius 1 is 1.22 bits per heavy atom. The van der Waals surface area contributed by atoms with Crippen molar-refractivity contribution in [3.8, 4) is 0 Å². The molecule has 3 heterocycles. The van der Waals surface area contributed by atoms with Crippen LogP contribution in [0.3, 0.4) is 0 Å². The van der Waals surface area contributed by atoms with Crippen molar-refractivity contribution in [2.24, 2.45) is 0 Å². The number of nitrogens with zero attached hydrogens (tertiary/aromatic N) is 3. The van der Waals surface area contributed by atoms with Gasteiger partial charge in [-0.15, -0.1) is 0 Å². The van der Waals surface area contributed by atoms with Crippen molar-refractivity contribution in [1.82, 2.24) is 14.5 Å². The number of nitrogens with one attached hydrogen (secondary N) is 2. The van der Waals surface area contributed by atoms with Crippen LogP contribution in [0.5, 0.6) is 0 Å². The summed E-state index contributed by atoms with van der Waals surface area (Å²) in [6.45, 7) is 3.74. The zero-order valence-corrected chi connectivity index (χ0v) is 15.3. The number of aliphatic hydroxyl groups is 2. The molecule has 0 bridgehead atoms. The first kappa shape index (κ1) is 18.8. The molecule has 142 valence electrons. The van der Waals surface area contributed by atoms with E-state index >= 15 is 0 Å². The van der Waals surface area contributed by atoms with Crippen LogP contribution < -0.4 is 16.2 Å². The van der Waals surface area contributed by atoms with Crippen molar-refractivity contribution in [3.05, 3.63) is 52.6 Å². The van der Waals surface area contributed by atoms with Gasteiger partial charge in [0.05, 0.1) is 18.6 Å². The quantitative estimate of drug-likeness (QED) is 0.501. The average Bonchev–Trinajstić information content (AvgIpc) is 2.64. The van der Waals surface area contributed by atoms with Gasteiger partial charge in [-0.2, -0.15) is 0 Å². The predicted octanol–water partition coefficient (Wildman–Crippen LogP) is 1.63. The molecule has 3 aromatic rings. The van der Waals surface area contributed by atoms with Gasteiger partial charge >= 0.3 is 0 Å². The number of anilines is 3. The van der Waals surface area contributed by atoms with E-state index in [0.717, 1.165) is 5.56 Å². The lowest BCUT2D eigenvalue weighted by atomic mass is 10.2. The number of rotatable bonds is 7. The van der Waals surface area contributed by atoms with E-state index in [9.17, 15) is 9.90 Å². The molecule has 3 aromatic heterocycles. The second kappa shape index (κ2) is 8.15. The van der Waals surface area contributed by atoms with Gasteiger partial charge in [0, 0.05) is 25.0 Å². The molecule has 0 saturated carbocycles. The lowest BCUT2D eigenvalue weighted by molar-refractivity contribution is 0.274. The predicted molar refractivity (Wildman–Crippen MR) is 106 cm³/mol. The molecule has 4 N–H and O–H groups in total. The highest BCUT2D eigenvalue weighted by molar-refractivity contribution is 5.93. The van der Waals surface area contributed by atoms with E-state index in [1.54, 1.807) is 31.5 Å². The molecule has 0 radical (unpaired) electrons. The van der Waals surface area contributed by atoms with Gasteiger partial charge in [-0.1, -0.05) is 0 Å². The summed E-state index contributed by atoms with van der Waals surface area (Å²) < 4.78 is 1.44. The van der Waals surface area contributed by atoms with Crippen LogP contribution in [0.25, 0.3) is 10.8 Å². The van der Waals surface area contributed by atoms with E-state index in [0.29, 0.717) is 28.2 Å². The Labute approximate surface area is 156 Å². The van der Waals surface area contributed by atoms with Crippen molar-refractivity contribution in [2.75, 3.05) is 23.8 Å². The topological polar surface area (TPSA) is 112 Å². The summed E-state index contributed by atoms with van der Waals surface area (Å²) in [6, 6.07) is 7.10. The van der Waals surface area contributed by atoms with Gasteiger partial charge in [0.2, 0.25) is 0 Å². The van der Waals surface area contributed by atoms with Crippen molar-refractivity contribution >= 4 is 28.2 Å². The van der Waals surface area contributed by atoms with Crippen molar-refractivity contribution in [2.45, 2.75) is 26.4 Å². The molecule has 27 heavy (non-hydrogen) atoms. The molecule has 0 aromatic carbocycles. The molecule has 0 spiro atoms. The smallest absolute Gasteiger partial charge is 0.262 e. The number of aliphatic hydroxyl groups excluding tert-OH is 2. The van der Waals surface area contributed by atoms with Gasteiger partial charge < -0.3 is 25.4 Å². The first-order valence-corrected chi connectivity index (χ1v) is 8.74. The Morgan fingerprint density at radius 2 is 2.04 bits per heavy atom. The molecule has 8 heteroatoms. The van der Waals surface area contributed by atoms with Gasteiger partial charge in [0.1, 0.15) is 17.5 Å². The van der Waals surface area contributed by atoms with Gasteiger partial charge in [0.15, 0.2) is 0 Å². The largest absolute Gasteiger partial charge is 0.395 e. The number of fused-ring (bicyclic) bond motifs is 1. The second-order valence-corrected chi connectivity index (χ2v) is 6.43. The van der Waals surface area contributed by atoms with Crippen LogP contribution in [0.1, 0.15) is 12.5 Å². The fourth-order valence-corrected chi connectivity index (χ4v) is 2.77. The molecule has 0 fully saturated rings. The minimum atomic E-state index is -0.279. The Hall–Kier alpha value is -2.97. The van der Waals surface area contributed by atoms with Gasteiger partial charge in [0.25, 0.3) is 5.56 Å². The first-order valence-electron chi connectivity index (χ1n) is 8.74. The maximum absolute atomic E-state index is 12.8. The normalized spacial score (nSPS) is 12.1. The SMILES string of the molecule is Cc1ccnc(Nc2cc3ccn(CCO)c(=O)c3c(N[C@@H](C)CO)n2)c1. The van der Waals surface area contributed by atoms with Gasteiger partial charge in [-0.3, -0.25) is 4.79 Å². The molecule has 0 unspecified atom stereocenters. The number of hydrogen-bond acceptors (Lipinski definition) is 7. The molecular formula is C19H23N5O3. The van der Waals surface area contributed by atoms with E-state index in [1.165, 1.54) is 4.57 Å². The lowest BCUT2D eigenvalue weighted by Gasteiger charge is -2.16. The molecule has 0 saturated heterocycles. The fourth-order valence-electron chi connectivity index (χ4n) is 2.77. The van der Waals surface area contributed by atoms with Crippen LogP contribution >= 0.6 is 0 Å². The molecule has 0 aliphatic carbocycles. The third kappa shape index (κ3) is 4.24. The molecule has 3 rings (SSSR count). The summed E-state index contributed by atoms with van der Waals surface area (Å²) in [4.78, 5) is 21.6. The average molecular weight is 369 g/mol.